The minimum absolute atomic E-state index is 0.000682. The van der Waals surface area contributed by atoms with Gasteiger partial charge in [0.05, 0.1) is 23.3 Å². The smallest absolute Gasteiger partial charge is 0.338 e. The summed E-state index contributed by atoms with van der Waals surface area (Å²) in [5, 5.41) is 2.72. The number of aryl methyl sites for hydroxylation is 1. The number of methoxy groups -OCH3 is 1. The third kappa shape index (κ3) is 6.23. The third-order valence-corrected chi connectivity index (χ3v) is 7.65. The van der Waals surface area contributed by atoms with Crippen molar-refractivity contribution < 1.29 is 27.5 Å². The van der Waals surface area contributed by atoms with E-state index in [2.05, 4.69) is 5.32 Å². The number of para-hydroxylation sites is 1. The Morgan fingerprint density at radius 2 is 1.67 bits per heavy atom. The molecule has 9 heteroatoms. The van der Waals surface area contributed by atoms with Gasteiger partial charge in [0.15, 0.2) is 6.10 Å². The molecule has 3 rings (SSSR count). The number of benzene rings is 3. The molecule has 0 aliphatic carbocycles. The van der Waals surface area contributed by atoms with Crippen molar-refractivity contribution in [3.05, 3.63) is 89.5 Å². The lowest BCUT2D eigenvalue weighted by Crippen LogP contribution is -2.35. The number of carbonyl (C=O) groups is 2. The zero-order valence-electron chi connectivity index (χ0n) is 20.7. The van der Waals surface area contributed by atoms with Crippen molar-refractivity contribution >= 4 is 27.6 Å². The molecular formula is C27H30N2O6S. The normalized spacial score (nSPS) is 11.9. The first-order valence-corrected chi connectivity index (χ1v) is 12.9. The van der Waals surface area contributed by atoms with Gasteiger partial charge in [-0.05, 0) is 68.3 Å². The second kappa shape index (κ2) is 11.7. The van der Waals surface area contributed by atoms with Gasteiger partial charge < -0.3 is 14.8 Å². The molecule has 0 aromatic heterocycles. The zero-order chi connectivity index (χ0) is 26.3. The molecule has 1 N–H and O–H groups in total. The minimum Gasteiger partial charge on any atom is -0.497 e. The highest BCUT2D eigenvalue weighted by Crippen LogP contribution is 2.26. The Morgan fingerprint density at radius 1 is 1.00 bits per heavy atom. The van der Waals surface area contributed by atoms with E-state index in [1.807, 2.05) is 12.1 Å². The maximum atomic E-state index is 13.5. The molecule has 0 bridgehead atoms. The van der Waals surface area contributed by atoms with Crippen molar-refractivity contribution in [3.63, 3.8) is 0 Å². The summed E-state index contributed by atoms with van der Waals surface area (Å²) in [6, 6.07) is 20.3. The van der Waals surface area contributed by atoms with Gasteiger partial charge in [-0.2, -0.15) is 0 Å². The summed E-state index contributed by atoms with van der Waals surface area (Å²) in [6.07, 6.45) is -1.08. The van der Waals surface area contributed by atoms with E-state index in [0.717, 1.165) is 5.56 Å². The highest BCUT2D eigenvalue weighted by molar-refractivity contribution is 7.92. The third-order valence-electron chi connectivity index (χ3n) is 5.60. The van der Waals surface area contributed by atoms with Gasteiger partial charge >= 0.3 is 5.97 Å². The van der Waals surface area contributed by atoms with Crippen molar-refractivity contribution in [2.24, 2.45) is 0 Å². The molecule has 0 saturated carbocycles. The zero-order valence-corrected chi connectivity index (χ0v) is 21.5. The van der Waals surface area contributed by atoms with Gasteiger partial charge in [-0.15, -0.1) is 0 Å². The molecule has 0 heterocycles. The number of esters is 1. The van der Waals surface area contributed by atoms with E-state index in [1.54, 1.807) is 69.5 Å². The summed E-state index contributed by atoms with van der Waals surface area (Å²) in [4.78, 5) is 25.2. The summed E-state index contributed by atoms with van der Waals surface area (Å²) >= 11 is 0. The van der Waals surface area contributed by atoms with E-state index in [-0.39, 0.29) is 23.5 Å². The van der Waals surface area contributed by atoms with Gasteiger partial charge in [0.25, 0.3) is 15.9 Å². The van der Waals surface area contributed by atoms with Crippen molar-refractivity contribution in [2.45, 2.75) is 38.3 Å². The lowest BCUT2D eigenvalue weighted by molar-refractivity contribution is -0.129. The molecule has 0 unspecified atom stereocenters. The van der Waals surface area contributed by atoms with E-state index in [4.69, 9.17) is 9.47 Å². The molecule has 8 nitrogen and oxygen atoms in total. The number of hydrogen-bond acceptors (Lipinski definition) is 6. The second-order valence-electron chi connectivity index (χ2n) is 8.10. The van der Waals surface area contributed by atoms with Crippen LogP contribution in [0.25, 0.3) is 0 Å². The summed E-state index contributed by atoms with van der Waals surface area (Å²) in [6.45, 7) is 5.33. The van der Waals surface area contributed by atoms with E-state index >= 15 is 0 Å². The average molecular weight is 511 g/mol. The molecular weight excluding hydrogens is 480 g/mol. The predicted molar refractivity (Wildman–Crippen MR) is 138 cm³/mol. The van der Waals surface area contributed by atoms with Crippen LogP contribution in [0.1, 0.15) is 35.3 Å². The molecule has 0 fully saturated rings. The molecule has 3 aromatic rings. The Morgan fingerprint density at radius 3 is 2.28 bits per heavy atom. The molecule has 0 radical (unpaired) electrons. The van der Waals surface area contributed by atoms with Crippen LogP contribution in [0, 0.1) is 6.92 Å². The van der Waals surface area contributed by atoms with Crippen molar-refractivity contribution in [3.8, 4) is 5.75 Å². The lowest BCUT2D eigenvalue weighted by atomic mass is 10.1. The number of carbonyl (C=O) groups excluding carboxylic acids is 2. The number of nitrogens with one attached hydrogen (secondary N) is 1. The Kier molecular flexibility index (Phi) is 8.71. The highest BCUT2D eigenvalue weighted by atomic mass is 32.2. The fourth-order valence-corrected chi connectivity index (χ4v) is 5.30. The topological polar surface area (TPSA) is 102 Å². The summed E-state index contributed by atoms with van der Waals surface area (Å²) in [5.74, 6) is -0.556. The van der Waals surface area contributed by atoms with Crippen molar-refractivity contribution in [1.82, 2.24) is 5.32 Å². The molecule has 1 atom stereocenters. The van der Waals surface area contributed by atoms with Gasteiger partial charge in [-0.1, -0.05) is 36.4 Å². The standard InChI is InChI=1S/C27H30N2O6S/c1-5-29(23-9-7-6-8-10-23)36(32,33)25-17-22(14-11-19(25)2)27(31)35-20(3)26(30)28-18-21-12-15-24(34-4)16-13-21/h6-17,20H,5,18H2,1-4H3,(H,28,30)/t20-/m0/s1. The Hall–Kier alpha value is -3.85. The number of hydrogen-bond donors (Lipinski definition) is 1. The first-order chi connectivity index (χ1) is 17.2. The van der Waals surface area contributed by atoms with Gasteiger partial charge in [-0.25, -0.2) is 13.2 Å². The Labute approximate surface area is 211 Å². The van der Waals surface area contributed by atoms with Gasteiger partial charge in [0, 0.05) is 13.1 Å². The maximum absolute atomic E-state index is 13.5. The van der Waals surface area contributed by atoms with Crippen molar-refractivity contribution in [2.75, 3.05) is 18.0 Å². The number of nitrogens with zero attached hydrogens (tertiary/aromatic N) is 1. The maximum Gasteiger partial charge on any atom is 0.338 e. The minimum atomic E-state index is -3.94. The largest absolute Gasteiger partial charge is 0.497 e. The van der Waals surface area contributed by atoms with Crippen LogP contribution in [0.15, 0.2) is 77.7 Å². The Bertz CT molecular complexity index is 1310. The molecule has 0 aliphatic rings. The fourth-order valence-electron chi connectivity index (χ4n) is 3.57. The summed E-state index contributed by atoms with van der Waals surface area (Å²) in [7, 11) is -2.37. The molecule has 36 heavy (non-hydrogen) atoms. The van der Waals surface area contributed by atoms with Crippen LogP contribution < -0.4 is 14.4 Å². The number of ether oxygens (including phenoxy) is 2. The molecule has 3 aromatic carbocycles. The highest BCUT2D eigenvalue weighted by Gasteiger charge is 2.27. The molecule has 190 valence electrons. The number of sulfonamides is 1. The van der Waals surface area contributed by atoms with Crippen LogP contribution in [0.3, 0.4) is 0 Å². The summed E-state index contributed by atoms with van der Waals surface area (Å²) < 4.78 is 38.6. The second-order valence-corrected chi connectivity index (χ2v) is 9.93. The van der Waals surface area contributed by atoms with Crippen LogP contribution in [-0.4, -0.2) is 40.1 Å². The number of rotatable bonds is 10. The van der Waals surface area contributed by atoms with Crippen LogP contribution in [0.4, 0.5) is 5.69 Å². The number of anilines is 1. The predicted octanol–water partition coefficient (Wildman–Crippen LogP) is 4.08. The van der Waals surface area contributed by atoms with Gasteiger partial charge in [0.2, 0.25) is 0 Å². The molecule has 0 saturated heterocycles. The van der Waals surface area contributed by atoms with Crippen LogP contribution in [-0.2, 0) is 26.1 Å². The van der Waals surface area contributed by atoms with E-state index in [1.165, 1.54) is 23.4 Å². The number of amides is 1. The van der Waals surface area contributed by atoms with Crippen molar-refractivity contribution in [1.29, 1.82) is 0 Å². The van der Waals surface area contributed by atoms with Crippen LogP contribution >= 0.6 is 0 Å². The lowest BCUT2D eigenvalue weighted by Gasteiger charge is -2.24. The molecule has 0 aliphatic heterocycles. The van der Waals surface area contributed by atoms with E-state index in [9.17, 15) is 18.0 Å². The first kappa shape index (κ1) is 26.7. The summed E-state index contributed by atoms with van der Waals surface area (Å²) in [5.41, 5.74) is 1.91. The fraction of sp³-hybridized carbons (Fsp3) is 0.259. The molecule has 0 spiro atoms. The Balaban J connectivity index is 1.71. The average Bonchev–Trinajstić information content (AvgIpc) is 2.88. The van der Waals surface area contributed by atoms with Gasteiger partial charge in [-0.3, -0.25) is 9.10 Å². The SMILES string of the molecule is CCN(c1ccccc1)S(=O)(=O)c1cc(C(=O)O[C@@H](C)C(=O)NCc2ccc(OC)cc2)ccc1C. The molecule has 1 amide bonds. The first-order valence-electron chi connectivity index (χ1n) is 11.5. The van der Waals surface area contributed by atoms with Gasteiger partial charge in [0.1, 0.15) is 5.75 Å². The monoisotopic (exact) mass is 510 g/mol. The quantitative estimate of drug-likeness (QED) is 0.413. The van der Waals surface area contributed by atoms with Crippen LogP contribution in [0.5, 0.6) is 5.75 Å². The van der Waals surface area contributed by atoms with Crippen LogP contribution in [0.2, 0.25) is 0 Å². The van der Waals surface area contributed by atoms with E-state index < -0.39 is 28.0 Å². The van der Waals surface area contributed by atoms with E-state index in [0.29, 0.717) is 17.0 Å².